The lowest BCUT2D eigenvalue weighted by Crippen LogP contribution is -2.37. The standard InChI is InChI=1S/C9H20N2O/c10-5-4-9(12)8-11-6-2-1-3-7-11/h9,12H,1-8,10H2. The predicted octanol–water partition coefficient (Wildman–Crippen LogP) is 0.182. The molecule has 3 N–H and O–H groups in total. The molecular weight excluding hydrogens is 152 g/mol. The van der Waals surface area contributed by atoms with Crippen molar-refractivity contribution in [2.45, 2.75) is 31.8 Å². The summed E-state index contributed by atoms with van der Waals surface area (Å²) >= 11 is 0. The van der Waals surface area contributed by atoms with E-state index in [1.165, 1.54) is 19.3 Å². The van der Waals surface area contributed by atoms with E-state index in [0.717, 1.165) is 26.1 Å². The smallest absolute Gasteiger partial charge is 0.0679 e. The number of nitrogens with two attached hydrogens (primary N) is 1. The Hall–Kier alpha value is -0.120. The molecule has 1 saturated heterocycles. The second-order valence-electron chi connectivity index (χ2n) is 3.59. The Balaban J connectivity index is 2.11. The van der Waals surface area contributed by atoms with Crippen molar-refractivity contribution >= 4 is 0 Å². The van der Waals surface area contributed by atoms with Crippen LogP contribution in [0.5, 0.6) is 0 Å². The summed E-state index contributed by atoms with van der Waals surface area (Å²) in [5.41, 5.74) is 5.36. The van der Waals surface area contributed by atoms with Gasteiger partial charge in [0.1, 0.15) is 0 Å². The SMILES string of the molecule is NCCC(O)CN1CCCCC1. The van der Waals surface area contributed by atoms with Crippen LogP contribution in [0.25, 0.3) is 0 Å². The molecule has 0 bridgehead atoms. The van der Waals surface area contributed by atoms with Crippen LogP contribution >= 0.6 is 0 Å². The van der Waals surface area contributed by atoms with Gasteiger partial charge in [0.15, 0.2) is 0 Å². The predicted molar refractivity (Wildman–Crippen MR) is 50.0 cm³/mol. The Labute approximate surface area is 74.5 Å². The van der Waals surface area contributed by atoms with Crippen molar-refractivity contribution in [3.05, 3.63) is 0 Å². The third-order valence-corrected chi connectivity index (χ3v) is 2.42. The molecule has 1 atom stereocenters. The molecule has 72 valence electrons. The normalized spacial score (nSPS) is 22.5. The van der Waals surface area contributed by atoms with E-state index in [4.69, 9.17) is 5.73 Å². The quantitative estimate of drug-likeness (QED) is 0.636. The molecule has 0 saturated carbocycles. The van der Waals surface area contributed by atoms with E-state index >= 15 is 0 Å². The number of aliphatic hydroxyl groups is 1. The van der Waals surface area contributed by atoms with Crippen LogP contribution in [0.4, 0.5) is 0 Å². The molecule has 1 heterocycles. The number of β-amino-alcohol motifs (C(OH)–C–C–N with tert-alkyl or cyclic N) is 1. The van der Waals surface area contributed by atoms with Crippen LogP contribution in [0.15, 0.2) is 0 Å². The lowest BCUT2D eigenvalue weighted by Gasteiger charge is -2.28. The Morgan fingerprint density at radius 3 is 2.50 bits per heavy atom. The van der Waals surface area contributed by atoms with Crippen molar-refractivity contribution in [1.29, 1.82) is 0 Å². The summed E-state index contributed by atoms with van der Waals surface area (Å²) in [5, 5.41) is 9.48. The van der Waals surface area contributed by atoms with E-state index in [1.807, 2.05) is 0 Å². The first-order valence-corrected chi connectivity index (χ1v) is 4.93. The van der Waals surface area contributed by atoms with E-state index < -0.39 is 0 Å². The van der Waals surface area contributed by atoms with E-state index in [2.05, 4.69) is 4.90 Å². The zero-order valence-electron chi connectivity index (χ0n) is 7.71. The van der Waals surface area contributed by atoms with E-state index in [9.17, 15) is 5.11 Å². The number of aliphatic hydroxyl groups excluding tert-OH is 1. The Bertz CT molecular complexity index is 113. The Morgan fingerprint density at radius 2 is 1.92 bits per heavy atom. The molecular formula is C9H20N2O. The van der Waals surface area contributed by atoms with Crippen LogP contribution in [0.1, 0.15) is 25.7 Å². The van der Waals surface area contributed by atoms with Gasteiger partial charge in [0.05, 0.1) is 6.10 Å². The van der Waals surface area contributed by atoms with E-state index in [1.54, 1.807) is 0 Å². The molecule has 1 aliphatic rings. The van der Waals surface area contributed by atoms with E-state index in [0.29, 0.717) is 6.54 Å². The van der Waals surface area contributed by atoms with Crippen molar-refractivity contribution in [2.75, 3.05) is 26.2 Å². The van der Waals surface area contributed by atoms with Crippen molar-refractivity contribution in [3.63, 3.8) is 0 Å². The zero-order valence-corrected chi connectivity index (χ0v) is 7.71. The largest absolute Gasteiger partial charge is 0.392 e. The minimum Gasteiger partial charge on any atom is -0.392 e. The molecule has 1 rings (SSSR count). The van der Waals surface area contributed by atoms with Gasteiger partial charge in [-0.05, 0) is 38.9 Å². The van der Waals surface area contributed by atoms with Gasteiger partial charge < -0.3 is 15.7 Å². The van der Waals surface area contributed by atoms with Crippen molar-refractivity contribution in [3.8, 4) is 0 Å². The molecule has 0 aromatic rings. The second kappa shape index (κ2) is 5.51. The summed E-state index contributed by atoms with van der Waals surface area (Å²) in [6, 6.07) is 0. The summed E-state index contributed by atoms with van der Waals surface area (Å²) < 4.78 is 0. The number of nitrogens with zero attached hydrogens (tertiary/aromatic N) is 1. The first-order chi connectivity index (χ1) is 5.83. The highest BCUT2D eigenvalue weighted by atomic mass is 16.3. The van der Waals surface area contributed by atoms with Gasteiger partial charge in [0.25, 0.3) is 0 Å². The van der Waals surface area contributed by atoms with Gasteiger partial charge in [0.2, 0.25) is 0 Å². The summed E-state index contributed by atoms with van der Waals surface area (Å²) in [5.74, 6) is 0. The lowest BCUT2D eigenvalue weighted by molar-refractivity contribution is 0.0965. The van der Waals surface area contributed by atoms with Crippen molar-refractivity contribution in [2.24, 2.45) is 5.73 Å². The molecule has 1 fully saturated rings. The highest BCUT2D eigenvalue weighted by Gasteiger charge is 2.13. The third-order valence-electron chi connectivity index (χ3n) is 2.42. The summed E-state index contributed by atoms with van der Waals surface area (Å²) in [7, 11) is 0. The highest BCUT2D eigenvalue weighted by Crippen LogP contribution is 2.09. The highest BCUT2D eigenvalue weighted by molar-refractivity contribution is 4.68. The Kier molecular flexibility index (Phi) is 4.58. The van der Waals surface area contributed by atoms with Gasteiger partial charge in [-0.3, -0.25) is 0 Å². The molecule has 0 radical (unpaired) electrons. The number of rotatable bonds is 4. The van der Waals surface area contributed by atoms with Gasteiger partial charge in [0, 0.05) is 6.54 Å². The molecule has 12 heavy (non-hydrogen) atoms. The molecule has 3 nitrogen and oxygen atoms in total. The monoisotopic (exact) mass is 172 g/mol. The fraction of sp³-hybridized carbons (Fsp3) is 1.00. The molecule has 0 aromatic carbocycles. The molecule has 3 heteroatoms. The van der Waals surface area contributed by atoms with E-state index in [-0.39, 0.29) is 6.10 Å². The summed E-state index contributed by atoms with van der Waals surface area (Å²) in [4.78, 5) is 2.34. The minimum atomic E-state index is -0.215. The number of hydrogen-bond donors (Lipinski definition) is 2. The van der Waals surface area contributed by atoms with Crippen LogP contribution in [0.3, 0.4) is 0 Å². The molecule has 0 aliphatic carbocycles. The number of hydrogen-bond acceptors (Lipinski definition) is 3. The average molecular weight is 172 g/mol. The minimum absolute atomic E-state index is 0.215. The van der Waals surface area contributed by atoms with Crippen LogP contribution in [0, 0.1) is 0 Å². The summed E-state index contributed by atoms with van der Waals surface area (Å²) in [6.45, 7) is 3.72. The fourth-order valence-electron chi connectivity index (χ4n) is 1.72. The Morgan fingerprint density at radius 1 is 1.25 bits per heavy atom. The maximum atomic E-state index is 9.48. The zero-order chi connectivity index (χ0) is 8.81. The third kappa shape index (κ3) is 3.52. The molecule has 0 amide bonds. The fourth-order valence-corrected chi connectivity index (χ4v) is 1.72. The van der Waals surface area contributed by atoms with Crippen LogP contribution in [0.2, 0.25) is 0 Å². The van der Waals surface area contributed by atoms with Gasteiger partial charge in [-0.2, -0.15) is 0 Å². The van der Waals surface area contributed by atoms with Crippen LogP contribution in [-0.4, -0.2) is 42.3 Å². The molecule has 1 aliphatic heterocycles. The maximum Gasteiger partial charge on any atom is 0.0679 e. The maximum absolute atomic E-state index is 9.48. The second-order valence-corrected chi connectivity index (χ2v) is 3.59. The summed E-state index contributed by atoms with van der Waals surface area (Å²) in [6.07, 6.45) is 4.44. The first-order valence-electron chi connectivity index (χ1n) is 4.93. The topological polar surface area (TPSA) is 49.5 Å². The van der Waals surface area contributed by atoms with Gasteiger partial charge in [-0.15, -0.1) is 0 Å². The molecule has 0 spiro atoms. The molecule has 0 aromatic heterocycles. The number of likely N-dealkylation sites (tertiary alicyclic amines) is 1. The van der Waals surface area contributed by atoms with Gasteiger partial charge in [-0.25, -0.2) is 0 Å². The lowest BCUT2D eigenvalue weighted by atomic mass is 10.1. The van der Waals surface area contributed by atoms with Crippen molar-refractivity contribution < 1.29 is 5.11 Å². The van der Waals surface area contributed by atoms with Gasteiger partial charge in [-0.1, -0.05) is 6.42 Å². The van der Waals surface area contributed by atoms with Crippen LogP contribution < -0.4 is 5.73 Å². The average Bonchev–Trinajstić information content (AvgIpc) is 2.06. The van der Waals surface area contributed by atoms with Gasteiger partial charge >= 0.3 is 0 Å². The number of piperidine rings is 1. The first kappa shape index (κ1) is 9.96. The van der Waals surface area contributed by atoms with Crippen molar-refractivity contribution in [1.82, 2.24) is 4.90 Å². The molecule has 1 unspecified atom stereocenters. The van der Waals surface area contributed by atoms with Crippen LogP contribution in [-0.2, 0) is 0 Å².